The van der Waals surface area contributed by atoms with Crippen molar-refractivity contribution in [1.82, 2.24) is 0 Å². The maximum Gasteiger partial charge on any atom is 0.306 e. The maximum absolute atomic E-state index is 14.9. The monoisotopic (exact) mass is 498 g/mol. The van der Waals surface area contributed by atoms with Crippen molar-refractivity contribution in [1.29, 1.82) is 0 Å². The van der Waals surface area contributed by atoms with Crippen LogP contribution in [0, 0.1) is 17.0 Å². The highest BCUT2D eigenvalue weighted by Crippen LogP contribution is 2.41. The van der Waals surface area contributed by atoms with E-state index >= 15 is 0 Å². The number of benzene rings is 3. The van der Waals surface area contributed by atoms with Gasteiger partial charge in [-0.1, -0.05) is 58.0 Å². The quantitative estimate of drug-likeness (QED) is 0.336. The van der Waals surface area contributed by atoms with E-state index in [1.807, 2.05) is 12.1 Å². The van der Waals surface area contributed by atoms with E-state index in [9.17, 15) is 18.7 Å². The first-order valence-corrected chi connectivity index (χ1v) is 11.7. The Morgan fingerprint density at radius 3 is 2.36 bits per heavy atom. The maximum atomic E-state index is 14.9. The summed E-state index contributed by atoms with van der Waals surface area (Å²) in [5.74, 6) is -1.89. The van der Waals surface area contributed by atoms with Crippen molar-refractivity contribution in [2.75, 3.05) is 7.11 Å². The van der Waals surface area contributed by atoms with Gasteiger partial charge < -0.3 is 19.7 Å². The number of halogens is 2. The summed E-state index contributed by atoms with van der Waals surface area (Å²) in [6, 6.07) is 14.4. The molecule has 0 bridgehead atoms. The van der Waals surface area contributed by atoms with Crippen molar-refractivity contribution in [3.63, 3.8) is 0 Å². The van der Waals surface area contributed by atoms with Crippen LogP contribution in [0.4, 0.5) is 8.78 Å². The predicted octanol–water partition coefficient (Wildman–Crippen LogP) is 6.88. The molecular formula is C29H32F2O5. The molecule has 0 aromatic heterocycles. The molecule has 3 aromatic rings. The van der Waals surface area contributed by atoms with Gasteiger partial charge in [0.25, 0.3) is 0 Å². The molecule has 0 radical (unpaired) electrons. The van der Waals surface area contributed by atoms with Gasteiger partial charge in [-0.15, -0.1) is 0 Å². The lowest BCUT2D eigenvalue weighted by Gasteiger charge is -2.30. The third kappa shape index (κ3) is 6.21. The smallest absolute Gasteiger partial charge is 0.306 e. The summed E-state index contributed by atoms with van der Waals surface area (Å²) in [4.78, 5) is 10.9. The molecule has 0 saturated heterocycles. The average Bonchev–Trinajstić information content (AvgIpc) is 2.82. The lowest BCUT2D eigenvalue weighted by atomic mass is 9.75. The van der Waals surface area contributed by atoms with E-state index in [4.69, 9.17) is 14.6 Å². The third-order valence-electron chi connectivity index (χ3n) is 6.46. The lowest BCUT2D eigenvalue weighted by Crippen LogP contribution is -2.16. The fraction of sp³-hybridized carbons (Fsp3) is 0.345. The zero-order chi connectivity index (χ0) is 26.6. The first-order chi connectivity index (χ1) is 16.9. The molecule has 2 N–H and O–H groups in total. The number of rotatable bonds is 9. The molecular weight excluding hydrogens is 466 g/mol. The Hall–Kier alpha value is -3.45. The zero-order valence-corrected chi connectivity index (χ0v) is 21.1. The van der Waals surface area contributed by atoms with Crippen molar-refractivity contribution in [3.05, 3.63) is 82.9 Å². The number of aliphatic hydroxyl groups excluding tert-OH is 1. The number of carboxylic acids is 1. The Bertz CT molecular complexity index is 1230. The molecule has 0 amide bonds. The second-order valence-corrected chi connectivity index (χ2v) is 9.92. The summed E-state index contributed by atoms with van der Waals surface area (Å²) in [7, 11) is 1.53. The molecule has 5 nitrogen and oxygen atoms in total. The minimum absolute atomic E-state index is 0.0279. The Balaban J connectivity index is 1.96. The van der Waals surface area contributed by atoms with Crippen LogP contribution in [0.5, 0.6) is 11.5 Å². The van der Waals surface area contributed by atoms with Crippen molar-refractivity contribution < 1.29 is 33.3 Å². The van der Waals surface area contributed by atoms with E-state index in [-0.39, 0.29) is 35.1 Å². The number of aliphatic carboxylic acids is 1. The van der Waals surface area contributed by atoms with Crippen molar-refractivity contribution in [3.8, 4) is 22.6 Å². The average molecular weight is 499 g/mol. The topological polar surface area (TPSA) is 76.0 Å². The van der Waals surface area contributed by atoms with Crippen LogP contribution >= 0.6 is 0 Å². The standard InChI is InChI=1S/C29H32F2O5/c1-17(29(2,3)4)22-13-18(9-11-20(22)23-14-19(35-5)10-12-24(23)30)16-36-26-8-6-7-21(28(26)31)25(32)15-27(33)34/h6-14,17,25,32H,15-16H2,1-5H3,(H,33,34)/t17-,25+/m0/s1. The summed E-state index contributed by atoms with van der Waals surface area (Å²) in [6.45, 7) is 8.43. The van der Waals surface area contributed by atoms with E-state index in [0.29, 0.717) is 11.3 Å². The lowest BCUT2D eigenvalue weighted by molar-refractivity contribution is -0.139. The molecule has 3 aromatic carbocycles. The summed E-state index contributed by atoms with van der Waals surface area (Å²) < 4.78 is 40.8. The Morgan fingerprint density at radius 2 is 1.72 bits per heavy atom. The van der Waals surface area contributed by atoms with Gasteiger partial charge in [0.2, 0.25) is 0 Å². The number of methoxy groups -OCH3 is 1. The fourth-order valence-electron chi connectivity index (χ4n) is 3.94. The minimum atomic E-state index is -1.48. The van der Waals surface area contributed by atoms with Crippen LogP contribution in [0.3, 0.4) is 0 Å². The largest absolute Gasteiger partial charge is 0.497 e. The molecule has 0 aliphatic heterocycles. The normalized spacial score (nSPS) is 13.2. The van der Waals surface area contributed by atoms with Gasteiger partial charge >= 0.3 is 5.97 Å². The predicted molar refractivity (Wildman–Crippen MR) is 134 cm³/mol. The molecule has 0 aliphatic carbocycles. The second-order valence-electron chi connectivity index (χ2n) is 9.92. The number of hydrogen-bond donors (Lipinski definition) is 2. The summed E-state index contributed by atoms with van der Waals surface area (Å²) >= 11 is 0. The fourth-order valence-corrected chi connectivity index (χ4v) is 3.94. The molecule has 0 unspecified atom stereocenters. The van der Waals surface area contributed by atoms with Gasteiger partial charge in [0.15, 0.2) is 11.6 Å². The van der Waals surface area contributed by atoms with Gasteiger partial charge in [0.1, 0.15) is 18.2 Å². The second kappa shape index (κ2) is 11.1. The van der Waals surface area contributed by atoms with Crippen LogP contribution in [0.2, 0.25) is 0 Å². The Labute approximate surface area is 210 Å². The highest BCUT2D eigenvalue weighted by Gasteiger charge is 2.26. The minimum Gasteiger partial charge on any atom is -0.497 e. The Morgan fingerprint density at radius 1 is 1.00 bits per heavy atom. The number of aliphatic hydroxyl groups is 1. The van der Waals surface area contributed by atoms with Crippen LogP contribution in [0.1, 0.15) is 62.8 Å². The Kier molecular flexibility index (Phi) is 8.35. The van der Waals surface area contributed by atoms with Crippen LogP contribution in [0.15, 0.2) is 54.6 Å². The van der Waals surface area contributed by atoms with E-state index in [0.717, 1.165) is 16.7 Å². The van der Waals surface area contributed by atoms with E-state index in [1.54, 1.807) is 18.2 Å². The van der Waals surface area contributed by atoms with Crippen molar-refractivity contribution in [2.24, 2.45) is 5.41 Å². The molecule has 0 saturated carbocycles. The third-order valence-corrected chi connectivity index (χ3v) is 6.46. The number of carbonyl (C=O) groups is 1. The molecule has 2 atom stereocenters. The summed E-state index contributed by atoms with van der Waals surface area (Å²) in [5, 5.41) is 18.9. The van der Waals surface area contributed by atoms with E-state index < -0.39 is 24.3 Å². The van der Waals surface area contributed by atoms with Crippen molar-refractivity contribution >= 4 is 5.97 Å². The van der Waals surface area contributed by atoms with Crippen LogP contribution in [-0.2, 0) is 11.4 Å². The van der Waals surface area contributed by atoms with Gasteiger partial charge in [0, 0.05) is 11.1 Å². The van der Waals surface area contributed by atoms with Crippen LogP contribution < -0.4 is 9.47 Å². The molecule has 3 rings (SSSR count). The molecule has 0 heterocycles. The molecule has 7 heteroatoms. The van der Waals surface area contributed by atoms with E-state index in [2.05, 4.69) is 27.7 Å². The number of ether oxygens (including phenoxy) is 2. The van der Waals surface area contributed by atoms with Crippen LogP contribution in [-0.4, -0.2) is 23.3 Å². The van der Waals surface area contributed by atoms with E-state index in [1.165, 1.54) is 31.4 Å². The van der Waals surface area contributed by atoms with Gasteiger partial charge in [0.05, 0.1) is 19.6 Å². The first kappa shape index (κ1) is 27.1. The molecule has 36 heavy (non-hydrogen) atoms. The number of carboxylic acid groups (broad SMARTS) is 1. The van der Waals surface area contributed by atoms with Gasteiger partial charge in [-0.3, -0.25) is 4.79 Å². The van der Waals surface area contributed by atoms with Crippen LogP contribution in [0.25, 0.3) is 11.1 Å². The summed E-state index contributed by atoms with van der Waals surface area (Å²) in [5.41, 5.74) is 2.58. The summed E-state index contributed by atoms with van der Waals surface area (Å²) in [6.07, 6.45) is -2.10. The molecule has 0 fully saturated rings. The van der Waals surface area contributed by atoms with Crippen molar-refractivity contribution in [2.45, 2.75) is 52.7 Å². The highest BCUT2D eigenvalue weighted by atomic mass is 19.1. The molecule has 0 spiro atoms. The molecule has 192 valence electrons. The molecule has 0 aliphatic rings. The number of hydrogen-bond acceptors (Lipinski definition) is 4. The zero-order valence-electron chi connectivity index (χ0n) is 21.1. The first-order valence-electron chi connectivity index (χ1n) is 11.7. The SMILES string of the molecule is COc1ccc(F)c(-c2ccc(COc3cccc([C@H](O)CC(=O)O)c3F)cc2[C@H](C)C(C)(C)C)c1. The van der Waals surface area contributed by atoms with Gasteiger partial charge in [-0.2, -0.15) is 0 Å². The highest BCUT2D eigenvalue weighted by molar-refractivity contribution is 5.71. The van der Waals surface area contributed by atoms with Gasteiger partial charge in [-0.25, -0.2) is 8.78 Å². The van der Waals surface area contributed by atoms with Gasteiger partial charge in [-0.05, 0) is 52.3 Å².